The molecule has 2 aliphatic heterocycles. The van der Waals surface area contributed by atoms with Crippen LogP contribution in [-0.4, -0.2) is 36.5 Å². The molecule has 1 atom stereocenters. The molecule has 0 aliphatic carbocycles. The van der Waals surface area contributed by atoms with E-state index in [2.05, 4.69) is 19.2 Å². The predicted molar refractivity (Wildman–Crippen MR) is 56.0 cm³/mol. The number of hydrogen-bond acceptors (Lipinski definition) is 2. The lowest BCUT2D eigenvalue weighted by Gasteiger charge is -2.22. The maximum Gasteiger partial charge on any atom is 0.239 e. The molecule has 0 unspecified atom stereocenters. The molecule has 2 aliphatic rings. The van der Waals surface area contributed by atoms with Crippen LogP contribution in [0.15, 0.2) is 0 Å². The lowest BCUT2D eigenvalue weighted by Crippen LogP contribution is -2.42. The van der Waals surface area contributed by atoms with Gasteiger partial charge in [-0.2, -0.15) is 0 Å². The predicted octanol–water partition coefficient (Wildman–Crippen LogP) is 0.997. The average molecular weight is 196 g/mol. The van der Waals surface area contributed by atoms with Crippen LogP contribution in [0.4, 0.5) is 0 Å². The Labute approximate surface area is 85.8 Å². The summed E-state index contributed by atoms with van der Waals surface area (Å²) in [4.78, 5) is 14.0. The van der Waals surface area contributed by atoms with E-state index < -0.39 is 0 Å². The summed E-state index contributed by atoms with van der Waals surface area (Å²) >= 11 is 0. The van der Waals surface area contributed by atoms with E-state index in [-0.39, 0.29) is 6.04 Å². The molecule has 0 saturated carbocycles. The highest BCUT2D eigenvalue weighted by molar-refractivity contribution is 5.82. The number of carbonyl (C=O) groups is 1. The van der Waals surface area contributed by atoms with Gasteiger partial charge < -0.3 is 10.2 Å². The molecule has 2 saturated heterocycles. The Bertz CT molecular complexity index is 231. The molecule has 14 heavy (non-hydrogen) atoms. The number of amides is 1. The zero-order valence-corrected chi connectivity index (χ0v) is 9.18. The minimum atomic E-state index is 0.115. The summed E-state index contributed by atoms with van der Waals surface area (Å²) in [5, 5.41) is 3.27. The molecular weight excluding hydrogens is 176 g/mol. The van der Waals surface area contributed by atoms with Gasteiger partial charge in [0.1, 0.15) is 0 Å². The van der Waals surface area contributed by atoms with E-state index in [0.717, 1.165) is 38.9 Å². The van der Waals surface area contributed by atoms with Crippen LogP contribution in [0.25, 0.3) is 0 Å². The van der Waals surface area contributed by atoms with Gasteiger partial charge in [-0.15, -0.1) is 0 Å². The van der Waals surface area contributed by atoms with Gasteiger partial charge in [-0.05, 0) is 31.2 Å². The van der Waals surface area contributed by atoms with Crippen LogP contribution in [0.1, 0.15) is 33.1 Å². The number of likely N-dealkylation sites (tertiary alicyclic amines) is 1. The SMILES string of the molecule is CC1(C)CCN(C(=O)[C@H]2CCCN2)C1. The van der Waals surface area contributed by atoms with Crippen LogP contribution in [-0.2, 0) is 4.79 Å². The number of carbonyl (C=O) groups excluding carboxylic acids is 1. The van der Waals surface area contributed by atoms with Crippen molar-refractivity contribution >= 4 is 5.91 Å². The first-order valence-electron chi connectivity index (χ1n) is 5.61. The summed E-state index contributed by atoms with van der Waals surface area (Å²) in [5.74, 6) is 0.327. The van der Waals surface area contributed by atoms with E-state index in [1.54, 1.807) is 0 Å². The molecule has 0 aromatic heterocycles. The van der Waals surface area contributed by atoms with Gasteiger partial charge >= 0.3 is 0 Å². The fraction of sp³-hybridized carbons (Fsp3) is 0.909. The van der Waals surface area contributed by atoms with Gasteiger partial charge in [-0.25, -0.2) is 0 Å². The largest absolute Gasteiger partial charge is 0.341 e. The molecule has 0 aromatic carbocycles. The first-order valence-corrected chi connectivity index (χ1v) is 5.61. The van der Waals surface area contributed by atoms with Gasteiger partial charge in [0.2, 0.25) is 5.91 Å². The summed E-state index contributed by atoms with van der Waals surface area (Å²) in [6.07, 6.45) is 3.31. The van der Waals surface area contributed by atoms with E-state index in [1.807, 2.05) is 4.90 Å². The zero-order chi connectivity index (χ0) is 10.2. The monoisotopic (exact) mass is 196 g/mol. The molecule has 3 nitrogen and oxygen atoms in total. The number of hydrogen-bond donors (Lipinski definition) is 1. The maximum atomic E-state index is 12.0. The second-order valence-electron chi connectivity index (χ2n) is 5.32. The van der Waals surface area contributed by atoms with Crippen molar-refractivity contribution in [2.75, 3.05) is 19.6 Å². The molecule has 0 aromatic rings. The molecule has 2 heterocycles. The molecule has 0 radical (unpaired) electrons. The number of rotatable bonds is 1. The fourth-order valence-electron chi connectivity index (χ4n) is 2.42. The third-order valence-electron chi connectivity index (χ3n) is 3.35. The Morgan fingerprint density at radius 3 is 2.79 bits per heavy atom. The van der Waals surface area contributed by atoms with Crippen molar-refractivity contribution in [1.82, 2.24) is 10.2 Å². The van der Waals surface area contributed by atoms with Gasteiger partial charge in [-0.3, -0.25) is 4.79 Å². The minimum absolute atomic E-state index is 0.115. The summed E-state index contributed by atoms with van der Waals surface area (Å²) in [6.45, 7) is 7.37. The lowest BCUT2D eigenvalue weighted by atomic mass is 9.93. The lowest BCUT2D eigenvalue weighted by molar-refractivity contribution is -0.132. The van der Waals surface area contributed by atoms with Crippen LogP contribution >= 0.6 is 0 Å². The quantitative estimate of drug-likeness (QED) is 0.678. The third kappa shape index (κ3) is 1.92. The molecule has 80 valence electrons. The zero-order valence-electron chi connectivity index (χ0n) is 9.18. The molecule has 0 spiro atoms. The normalized spacial score (nSPS) is 31.0. The van der Waals surface area contributed by atoms with Gasteiger partial charge in [0.05, 0.1) is 6.04 Å². The highest BCUT2D eigenvalue weighted by Crippen LogP contribution is 2.29. The minimum Gasteiger partial charge on any atom is -0.341 e. The Hall–Kier alpha value is -0.570. The molecule has 2 rings (SSSR count). The van der Waals surface area contributed by atoms with Crippen molar-refractivity contribution in [1.29, 1.82) is 0 Å². The van der Waals surface area contributed by atoms with E-state index in [4.69, 9.17) is 0 Å². The topological polar surface area (TPSA) is 32.3 Å². The van der Waals surface area contributed by atoms with Crippen LogP contribution in [0, 0.1) is 5.41 Å². The summed E-state index contributed by atoms with van der Waals surface area (Å²) in [6, 6.07) is 0.115. The smallest absolute Gasteiger partial charge is 0.239 e. The van der Waals surface area contributed by atoms with Crippen LogP contribution in [0.3, 0.4) is 0 Å². The van der Waals surface area contributed by atoms with Crippen molar-refractivity contribution in [3.63, 3.8) is 0 Å². The number of nitrogens with one attached hydrogen (secondary N) is 1. The van der Waals surface area contributed by atoms with Crippen LogP contribution in [0.2, 0.25) is 0 Å². The van der Waals surface area contributed by atoms with Gasteiger partial charge in [0.15, 0.2) is 0 Å². The van der Waals surface area contributed by atoms with E-state index >= 15 is 0 Å². The third-order valence-corrected chi connectivity index (χ3v) is 3.35. The Balaban J connectivity index is 1.92. The summed E-state index contributed by atoms with van der Waals surface area (Å²) in [5.41, 5.74) is 0.328. The Kier molecular flexibility index (Phi) is 2.52. The van der Waals surface area contributed by atoms with Crippen LogP contribution < -0.4 is 5.32 Å². The van der Waals surface area contributed by atoms with E-state index in [0.29, 0.717) is 11.3 Å². The van der Waals surface area contributed by atoms with Gasteiger partial charge in [0.25, 0.3) is 0 Å². The van der Waals surface area contributed by atoms with Crippen LogP contribution in [0.5, 0.6) is 0 Å². The van der Waals surface area contributed by atoms with Gasteiger partial charge in [0, 0.05) is 13.1 Å². The average Bonchev–Trinajstić information content (AvgIpc) is 2.72. The standard InChI is InChI=1S/C11H20N2O/c1-11(2)5-7-13(8-11)10(14)9-4-3-6-12-9/h9,12H,3-8H2,1-2H3/t9-/m1/s1. The van der Waals surface area contributed by atoms with E-state index in [1.165, 1.54) is 0 Å². The molecule has 0 bridgehead atoms. The van der Waals surface area contributed by atoms with Crippen molar-refractivity contribution in [3.8, 4) is 0 Å². The van der Waals surface area contributed by atoms with Gasteiger partial charge in [-0.1, -0.05) is 13.8 Å². The second-order valence-corrected chi connectivity index (χ2v) is 5.32. The van der Waals surface area contributed by atoms with Crippen molar-refractivity contribution in [2.24, 2.45) is 5.41 Å². The molecule has 3 heteroatoms. The summed E-state index contributed by atoms with van der Waals surface area (Å²) < 4.78 is 0. The Morgan fingerprint density at radius 2 is 2.29 bits per heavy atom. The highest BCUT2D eigenvalue weighted by atomic mass is 16.2. The highest BCUT2D eigenvalue weighted by Gasteiger charge is 2.35. The first kappa shape index (κ1) is 9.97. The van der Waals surface area contributed by atoms with Crippen molar-refractivity contribution in [2.45, 2.75) is 39.2 Å². The fourth-order valence-corrected chi connectivity index (χ4v) is 2.42. The molecular formula is C11H20N2O. The van der Waals surface area contributed by atoms with Crippen molar-refractivity contribution < 1.29 is 4.79 Å². The number of nitrogens with zero attached hydrogens (tertiary/aromatic N) is 1. The first-order chi connectivity index (χ1) is 6.58. The summed E-state index contributed by atoms with van der Waals surface area (Å²) in [7, 11) is 0. The van der Waals surface area contributed by atoms with E-state index in [9.17, 15) is 4.79 Å². The Morgan fingerprint density at radius 1 is 1.50 bits per heavy atom. The maximum absolute atomic E-state index is 12.0. The molecule has 2 fully saturated rings. The molecule has 1 amide bonds. The second kappa shape index (κ2) is 3.54. The van der Waals surface area contributed by atoms with Crippen molar-refractivity contribution in [3.05, 3.63) is 0 Å². The molecule has 1 N–H and O–H groups in total.